The molecule has 0 spiro atoms. The summed E-state index contributed by atoms with van der Waals surface area (Å²) in [6.07, 6.45) is 3.64. The molecule has 120 valence electrons. The molecule has 2 aromatic rings. The predicted octanol–water partition coefficient (Wildman–Crippen LogP) is 2.66. The fourth-order valence-corrected chi connectivity index (χ4v) is 3.79. The second-order valence-corrected chi connectivity index (χ2v) is 6.93. The third kappa shape index (κ3) is 3.08. The third-order valence-electron chi connectivity index (χ3n) is 5.24. The van der Waals surface area contributed by atoms with Crippen LogP contribution in [0, 0.1) is 18.8 Å². The summed E-state index contributed by atoms with van der Waals surface area (Å²) >= 11 is 0. The number of hydrogen-bond acceptors (Lipinski definition) is 3. The zero-order valence-corrected chi connectivity index (χ0v) is 13.5. The molecule has 1 saturated carbocycles. The maximum atomic E-state index is 12.5. The molecule has 2 aliphatic rings. The van der Waals surface area contributed by atoms with Crippen molar-refractivity contribution in [2.75, 3.05) is 13.1 Å². The molecular formula is C19H23N3O. The van der Waals surface area contributed by atoms with Gasteiger partial charge in [-0.2, -0.15) is 0 Å². The van der Waals surface area contributed by atoms with E-state index < -0.39 is 0 Å². The standard InChI is InChI=1S/C19H23N3O/c1-12-2-3-14-10-15(4-5-17(14)21-12)19(23)22-18-11-16(18)13-6-8-20-9-7-13/h2-5,10,13,16,18,20H,6-9,11H2,1H3,(H,22,23)/t16-,18+/m0/s1. The minimum atomic E-state index is 0.0499. The van der Waals surface area contributed by atoms with Crippen LogP contribution in [0.1, 0.15) is 35.3 Å². The zero-order valence-electron chi connectivity index (χ0n) is 13.5. The average Bonchev–Trinajstić information content (AvgIpc) is 3.34. The van der Waals surface area contributed by atoms with Crippen molar-refractivity contribution in [3.05, 3.63) is 41.6 Å². The highest BCUT2D eigenvalue weighted by Crippen LogP contribution is 2.41. The topological polar surface area (TPSA) is 54.0 Å². The van der Waals surface area contributed by atoms with Gasteiger partial charge in [-0.3, -0.25) is 9.78 Å². The van der Waals surface area contributed by atoms with E-state index in [4.69, 9.17) is 0 Å². The third-order valence-corrected chi connectivity index (χ3v) is 5.24. The molecule has 1 aliphatic carbocycles. The van der Waals surface area contributed by atoms with Gasteiger partial charge in [0.15, 0.2) is 0 Å². The summed E-state index contributed by atoms with van der Waals surface area (Å²) in [5, 5.41) is 7.64. The van der Waals surface area contributed by atoms with Crippen LogP contribution in [0.5, 0.6) is 0 Å². The maximum Gasteiger partial charge on any atom is 0.251 e. The molecule has 4 rings (SSSR count). The van der Waals surface area contributed by atoms with Gasteiger partial charge in [0.2, 0.25) is 0 Å². The Morgan fingerprint density at radius 3 is 2.87 bits per heavy atom. The SMILES string of the molecule is Cc1ccc2cc(C(=O)N[C@@H]3C[C@H]3C3CCNCC3)ccc2n1. The van der Waals surface area contributed by atoms with Crippen LogP contribution in [0.3, 0.4) is 0 Å². The highest BCUT2D eigenvalue weighted by molar-refractivity contribution is 5.98. The van der Waals surface area contributed by atoms with Gasteiger partial charge in [-0.1, -0.05) is 6.07 Å². The van der Waals surface area contributed by atoms with E-state index in [9.17, 15) is 4.79 Å². The fraction of sp³-hybridized carbons (Fsp3) is 0.474. The number of hydrogen-bond donors (Lipinski definition) is 2. The first-order valence-corrected chi connectivity index (χ1v) is 8.60. The molecular weight excluding hydrogens is 286 g/mol. The first-order valence-electron chi connectivity index (χ1n) is 8.60. The monoisotopic (exact) mass is 309 g/mol. The van der Waals surface area contributed by atoms with Gasteiger partial charge >= 0.3 is 0 Å². The van der Waals surface area contributed by atoms with E-state index in [1.54, 1.807) is 0 Å². The van der Waals surface area contributed by atoms with Crippen LogP contribution >= 0.6 is 0 Å². The average molecular weight is 309 g/mol. The van der Waals surface area contributed by atoms with Crippen LogP contribution < -0.4 is 10.6 Å². The van der Waals surface area contributed by atoms with Crippen molar-refractivity contribution in [2.45, 2.75) is 32.2 Å². The van der Waals surface area contributed by atoms with Gasteiger partial charge in [0.05, 0.1) is 5.52 Å². The number of rotatable bonds is 3. The number of piperidine rings is 1. The Hall–Kier alpha value is -1.94. The van der Waals surface area contributed by atoms with Crippen molar-refractivity contribution < 1.29 is 4.79 Å². The first kappa shape index (κ1) is 14.6. The van der Waals surface area contributed by atoms with E-state index in [1.165, 1.54) is 12.8 Å². The number of benzene rings is 1. The zero-order chi connectivity index (χ0) is 15.8. The molecule has 0 radical (unpaired) electrons. The molecule has 4 nitrogen and oxygen atoms in total. The van der Waals surface area contributed by atoms with Crippen molar-refractivity contribution in [1.29, 1.82) is 0 Å². The van der Waals surface area contributed by atoms with E-state index in [-0.39, 0.29) is 5.91 Å². The number of aromatic nitrogens is 1. The lowest BCUT2D eigenvalue weighted by Crippen LogP contribution is -2.32. The fourth-order valence-electron chi connectivity index (χ4n) is 3.79. The minimum Gasteiger partial charge on any atom is -0.349 e. The molecule has 2 fully saturated rings. The smallest absolute Gasteiger partial charge is 0.251 e. The number of aryl methyl sites for hydroxylation is 1. The molecule has 1 amide bonds. The highest BCUT2D eigenvalue weighted by Gasteiger charge is 2.43. The summed E-state index contributed by atoms with van der Waals surface area (Å²) in [7, 11) is 0. The van der Waals surface area contributed by atoms with Gasteiger partial charge in [0.1, 0.15) is 0 Å². The molecule has 1 saturated heterocycles. The number of nitrogens with one attached hydrogen (secondary N) is 2. The Morgan fingerprint density at radius 1 is 1.22 bits per heavy atom. The normalized spacial score (nSPS) is 24.6. The quantitative estimate of drug-likeness (QED) is 0.916. The Kier molecular flexibility index (Phi) is 3.77. The van der Waals surface area contributed by atoms with Gasteiger partial charge < -0.3 is 10.6 Å². The largest absolute Gasteiger partial charge is 0.349 e. The van der Waals surface area contributed by atoms with Crippen molar-refractivity contribution in [2.24, 2.45) is 11.8 Å². The summed E-state index contributed by atoms with van der Waals surface area (Å²) in [5.41, 5.74) is 2.68. The summed E-state index contributed by atoms with van der Waals surface area (Å²) in [6, 6.07) is 10.2. The van der Waals surface area contributed by atoms with Crippen LogP contribution in [0.2, 0.25) is 0 Å². The molecule has 23 heavy (non-hydrogen) atoms. The lowest BCUT2D eigenvalue weighted by atomic mass is 9.93. The predicted molar refractivity (Wildman–Crippen MR) is 91.4 cm³/mol. The Morgan fingerprint density at radius 2 is 2.04 bits per heavy atom. The van der Waals surface area contributed by atoms with Gasteiger partial charge in [-0.25, -0.2) is 0 Å². The van der Waals surface area contributed by atoms with Crippen LogP contribution in [0.4, 0.5) is 0 Å². The minimum absolute atomic E-state index is 0.0499. The lowest BCUT2D eigenvalue weighted by molar-refractivity contribution is 0.0947. The summed E-state index contributed by atoms with van der Waals surface area (Å²) in [4.78, 5) is 17.0. The second-order valence-electron chi connectivity index (χ2n) is 6.93. The Balaban J connectivity index is 1.42. The maximum absolute atomic E-state index is 12.5. The molecule has 1 aliphatic heterocycles. The summed E-state index contributed by atoms with van der Waals surface area (Å²) < 4.78 is 0. The summed E-state index contributed by atoms with van der Waals surface area (Å²) in [6.45, 7) is 4.23. The number of amides is 1. The van der Waals surface area contributed by atoms with Gasteiger partial charge in [0, 0.05) is 22.7 Å². The van der Waals surface area contributed by atoms with E-state index in [0.29, 0.717) is 12.0 Å². The number of carbonyl (C=O) groups excluding carboxylic acids is 1. The molecule has 1 aromatic heterocycles. The van der Waals surface area contributed by atoms with Gasteiger partial charge in [-0.15, -0.1) is 0 Å². The second kappa shape index (κ2) is 5.93. The van der Waals surface area contributed by atoms with E-state index >= 15 is 0 Å². The molecule has 4 heteroatoms. The van der Waals surface area contributed by atoms with Gasteiger partial charge in [-0.05, 0) is 75.4 Å². The van der Waals surface area contributed by atoms with Gasteiger partial charge in [0.25, 0.3) is 5.91 Å². The first-order chi connectivity index (χ1) is 11.2. The van der Waals surface area contributed by atoms with Crippen LogP contribution in [0.15, 0.2) is 30.3 Å². The Bertz CT molecular complexity index is 736. The van der Waals surface area contributed by atoms with Crippen LogP contribution in [-0.2, 0) is 0 Å². The van der Waals surface area contributed by atoms with E-state index in [0.717, 1.165) is 47.6 Å². The lowest BCUT2D eigenvalue weighted by Gasteiger charge is -2.22. The Labute approximate surface area is 136 Å². The van der Waals surface area contributed by atoms with E-state index in [1.807, 2.05) is 37.3 Å². The molecule has 0 unspecified atom stereocenters. The summed E-state index contributed by atoms with van der Waals surface area (Å²) in [5.74, 6) is 1.52. The molecule has 2 heterocycles. The number of fused-ring (bicyclic) bond motifs is 1. The van der Waals surface area contributed by atoms with E-state index in [2.05, 4.69) is 15.6 Å². The molecule has 2 N–H and O–H groups in total. The van der Waals surface area contributed by atoms with Crippen LogP contribution in [-0.4, -0.2) is 30.0 Å². The molecule has 2 atom stereocenters. The molecule has 0 bridgehead atoms. The number of carbonyl (C=O) groups is 1. The number of pyridine rings is 1. The number of nitrogens with zero attached hydrogens (tertiary/aromatic N) is 1. The van der Waals surface area contributed by atoms with Crippen molar-refractivity contribution in [3.63, 3.8) is 0 Å². The van der Waals surface area contributed by atoms with Crippen molar-refractivity contribution in [1.82, 2.24) is 15.6 Å². The highest BCUT2D eigenvalue weighted by atomic mass is 16.1. The van der Waals surface area contributed by atoms with Crippen LogP contribution in [0.25, 0.3) is 10.9 Å². The van der Waals surface area contributed by atoms with Crippen molar-refractivity contribution >= 4 is 16.8 Å². The molecule has 1 aromatic carbocycles. The van der Waals surface area contributed by atoms with Crippen molar-refractivity contribution in [3.8, 4) is 0 Å².